The van der Waals surface area contributed by atoms with E-state index in [0.717, 1.165) is 17.9 Å². The van der Waals surface area contributed by atoms with Gasteiger partial charge >= 0.3 is 0 Å². The first-order chi connectivity index (χ1) is 5.83. The highest BCUT2D eigenvalue weighted by Crippen LogP contribution is 2.37. The van der Waals surface area contributed by atoms with E-state index in [-0.39, 0.29) is 0 Å². The molecule has 0 bridgehead atoms. The zero-order valence-electron chi connectivity index (χ0n) is 7.87. The van der Waals surface area contributed by atoms with Gasteiger partial charge in [0.15, 0.2) is 0 Å². The van der Waals surface area contributed by atoms with Gasteiger partial charge in [-0.25, -0.2) is 0 Å². The summed E-state index contributed by atoms with van der Waals surface area (Å²) in [5, 5.41) is 0. The minimum Gasteiger partial charge on any atom is -0.306 e. The molecule has 0 radical (unpaired) electrons. The van der Waals surface area contributed by atoms with Crippen molar-refractivity contribution >= 4 is 0 Å². The number of likely N-dealkylation sites (tertiary alicyclic amines) is 2. The zero-order valence-corrected chi connectivity index (χ0v) is 7.87. The molecule has 3 rings (SSSR count). The van der Waals surface area contributed by atoms with E-state index >= 15 is 0 Å². The Hall–Kier alpha value is -0.0800. The number of hydrogen-bond acceptors (Lipinski definition) is 2. The molecule has 0 unspecified atom stereocenters. The second kappa shape index (κ2) is 2.46. The van der Waals surface area contributed by atoms with Gasteiger partial charge in [-0.15, -0.1) is 0 Å². The van der Waals surface area contributed by atoms with E-state index in [9.17, 15) is 0 Å². The fraction of sp³-hybridized carbons (Fsp3) is 1.00. The molecule has 68 valence electrons. The fourth-order valence-electron chi connectivity index (χ4n) is 3.00. The Morgan fingerprint density at radius 1 is 0.917 bits per heavy atom. The Morgan fingerprint density at radius 3 is 2.00 bits per heavy atom. The van der Waals surface area contributed by atoms with Gasteiger partial charge in [-0.2, -0.15) is 0 Å². The molecule has 2 aliphatic heterocycles. The van der Waals surface area contributed by atoms with E-state index in [2.05, 4.69) is 16.8 Å². The van der Waals surface area contributed by atoms with Crippen LogP contribution in [-0.4, -0.2) is 49.1 Å². The summed E-state index contributed by atoms with van der Waals surface area (Å²) in [5.74, 6) is 2.02. The summed E-state index contributed by atoms with van der Waals surface area (Å²) in [6, 6.07) is 1.00. The van der Waals surface area contributed by atoms with Crippen LogP contribution in [-0.2, 0) is 0 Å². The van der Waals surface area contributed by atoms with Crippen molar-refractivity contribution < 1.29 is 0 Å². The van der Waals surface area contributed by atoms with Gasteiger partial charge in [-0.1, -0.05) is 0 Å². The first-order valence-corrected chi connectivity index (χ1v) is 5.25. The quantitative estimate of drug-likeness (QED) is 0.564. The Labute approximate surface area is 74.5 Å². The smallest absolute Gasteiger partial charge is 0.00966 e. The van der Waals surface area contributed by atoms with Gasteiger partial charge in [0.2, 0.25) is 0 Å². The predicted molar refractivity (Wildman–Crippen MR) is 49.1 cm³/mol. The Bertz CT molecular complexity index is 174. The number of nitrogens with zero attached hydrogens (tertiary/aromatic N) is 2. The molecule has 2 atom stereocenters. The number of fused-ring (bicyclic) bond motifs is 1. The normalized spacial score (nSPS) is 43.8. The molecule has 0 N–H and O–H groups in total. The molecule has 2 heterocycles. The average molecular weight is 166 g/mol. The highest BCUT2D eigenvalue weighted by atomic mass is 15.3. The molecular formula is C10H18N2. The molecule has 0 aromatic heterocycles. The molecule has 0 aromatic rings. The molecule has 1 aliphatic carbocycles. The molecule has 2 saturated heterocycles. The summed E-state index contributed by atoms with van der Waals surface area (Å²) in [6.07, 6.45) is 2.96. The van der Waals surface area contributed by atoms with Crippen molar-refractivity contribution in [3.8, 4) is 0 Å². The summed E-state index contributed by atoms with van der Waals surface area (Å²) >= 11 is 0. The third-order valence-corrected chi connectivity index (χ3v) is 3.76. The van der Waals surface area contributed by atoms with Gasteiger partial charge in [-0.05, 0) is 31.7 Å². The van der Waals surface area contributed by atoms with Gasteiger partial charge in [-0.3, -0.25) is 4.90 Å². The summed E-state index contributed by atoms with van der Waals surface area (Å²) < 4.78 is 0. The maximum atomic E-state index is 2.74. The monoisotopic (exact) mass is 166 g/mol. The third-order valence-electron chi connectivity index (χ3n) is 3.76. The molecule has 0 spiro atoms. The maximum absolute atomic E-state index is 2.74. The molecular weight excluding hydrogens is 148 g/mol. The SMILES string of the molecule is CN1C[C@@H]2CN(C3CC3)C[C@@H]2C1. The first kappa shape index (κ1) is 7.34. The lowest BCUT2D eigenvalue weighted by Gasteiger charge is -2.17. The minimum absolute atomic E-state index is 1.00. The highest BCUT2D eigenvalue weighted by Gasteiger charge is 2.43. The van der Waals surface area contributed by atoms with Crippen LogP contribution in [0.15, 0.2) is 0 Å². The van der Waals surface area contributed by atoms with Crippen LogP contribution in [0.3, 0.4) is 0 Å². The summed E-state index contributed by atoms with van der Waals surface area (Å²) in [6.45, 7) is 5.52. The predicted octanol–water partition coefficient (Wildman–Crippen LogP) is 0.642. The number of hydrogen-bond donors (Lipinski definition) is 0. The van der Waals surface area contributed by atoms with Crippen molar-refractivity contribution in [2.75, 3.05) is 33.2 Å². The first-order valence-electron chi connectivity index (χ1n) is 5.25. The molecule has 2 nitrogen and oxygen atoms in total. The van der Waals surface area contributed by atoms with E-state index in [0.29, 0.717) is 0 Å². The summed E-state index contributed by atoms with van der Waals surface area (Å²) in [4.78, 5) is 5.24. The lowest BCUT2D eigenvalue weighted by atomic mass is 10.0. The van der Waals surface area contributed by atoms with Crippen LogP contribution < -0.4 is 0 Å². The van der Waals surface area contributed by atoms with Crippen LogP contribution in [0.1, 0.15) is 12.8 Å². The lowest BCUT2D eigenvalue weighted by molar-refractivity contribution is 0.270. The summed E-state index contributed by atoms with van der Waals surface area (Å²) in [5.41, 5.74) is 0. The van der Waals surface area contributed by atoms with E-state index < -0.39 is 0 Å². The Balaban J connectivity index is 1.65. The molecule has 12 heavy (non-hydrogen) atoms. The van der Waals surface area contributed by atoms with Crippen molar-refractivity contribution in [2.45, 2.75) is 18.9 Å². The molecule has 0 amide bonds. The summed E-state index contributed by atoms with van der Waals surface area (Å²) in [7, 11) is 2.26. The lowest BCUT2D eigenvalue weighted by Crippen LogP contribution is -2.28. The molecule has 3 fully saturated rings. The molecule has 0 aromatic carbocycles. The van der Waals surface area contributed by atoms with Crippen molar-refractivity contribution in [2.24, 2.45) is 11.8 Å². The second-order valence-corrected chi connectivity index (χ2v) is 4.93. The van der Waals surface area contributed by atoms with Crippen LogP contribution in [0.4, 0.5) is 0 Å². The van der Waals surface area contributed by atoms with Crippen LogP contribution in [0.25, 0.3) is 0 Å². The van der Waals surface area contributed by atoms with Gasteiger partial charge < -0.3 is 4.90 Å². The van der Waals surface area contributed by atoms with Crippen LogP contribution in [0.5, 0.6) is 0 Å². The van der Waals surface area contributed by atoms with Crippen molar-refractivity contribution in [1.82, 2.24) is 9.80 Å². The van der Waals surface area contributed by atoms with Crippen LogP contribution in [0.2, 0.25) is 0 Å². The average Bonchev–Trinajstić information content (AvgIpc) is 2.69. The standard InChI is InChI=1S/C10H18N2/c1-11-4-8-6-12(10-2-3-10)7-9(8)5-11/h8-10H,2-7H2,1H3/t8-,9+. The zero-order chi connectivity index (χ0) is 8.13. The van der Waals surface area contributed by atoms with Crippen molar-refractivity contribution in [3.05, 3.63) is 0 Å². The molecule has 1 saturated carbocycles. The van der Waals surface area contributed by atoms with Gasteiger partial charge in [0, 0.05) is 32.2 Å². The van der Waals surface area contributed by atoms with E-state index in [1.807, 2.05) is 0 Å². The maximum Gasteiger partial charge on any atom is 0.00966 e. The van der Waals surface area contributed by atoms with Gasteiger partial charge in [0.25, 0.3) is 0 Å². The fourth-order valence-corrected chi connectivity index (χ4v) is 3.00. The largest absolute Gasteiger partial charge is 0.306 e. The van der Waals surface area contributed by atoms with Crippen LogP contribution in [0, 0.1) is 11.8 Å². The Morgan fingerprint density at radius 2 is 1.50 bits per heavy atom. The molecule has 3 aliphatic rings. The van der Waals surface area contributed by atoms with Crippen LogP contribution >= 0.6 is 0 Å². The number of rotatable bonds is 1. The Kier molecular flexibility index (Phi) is 1.50. The van der Waals surface area contributed by atoms with Gasteiger partial charge in [0.05, 0.1) is 0 Å². The molecule has 2 heteroatoms. The van der Waals surface area contributed by atoms with Crippen molar-refractivity contribution in [1.29, 1.82) is 0 Å². The van der Waals surface area contributed by atoms with Gasteiger partial charge in [0.1, 0.15) is 0 Å². The van der Waals surface area contributed by atoms with E-state index in [4.69, 9.17) is 0 Å². The minimum atomic E-state index is 1.00. The van der Waals surface area contributed by atoms with Crippen molar-refractivity contribution in [3.63, 3.8) is 0 Å². The van der Waals surface area contributed by atoms with E-state index in [1.165, 1.54) is 39.0 Å². The highest BCUT2D eigenvalue weighted by molar-refractivity contribution is 4.97. The second-order valence-electron chi connectivity index (χ2n) is 4.93. The topological polar surface area (TPSA) is 6.48 Å². The van der Waals surface area contributed by atoms with E-state index in [1.54, 1.807) is 0 Å². The third kappa shape index (κ3) is 1.09.